The molecular formula is C26H38N10. The standard InChI is InChI=1S/C15H23N5.C11H15N5/c1-4-20-9-16-14(17-11-7-5-6-8-11)12-15(20)19-13(18-12)10(2)3;1-2-5-16-6-13-9(12)8-11(16)15-10(14-8)7-3-4-7/h9-11H,4-8H2,1-3H3,(H,18,19);6-7,12H,2-5H2,1H3,(H,14,15). The minimum absolute atomic E-state index is 0.293. The Labute approximate surface area is 210 Å². The van der Waals surface area contributed by atoms with Crippen molar-refractivity contribution in [3.8, 4) is 0 Å². The van der Waals surface area contributed by atoms with E-state index < -0.39 is 0 Å². The van der Waals surface area contributed by atoms with Gasteiger partial charge in [-0.25, -0.2) is 19.9 Å². The summed E-state index contributed by atoms with van der Waals surface area (Å²) < 4.78 is 4.10. The Bertz CT molecular complexity index is 1460. The predicted molar refractivity (Wildman–Crippen MR) is 139 cm³/mol. The molecule has 0 aromatic carbocycles. The van der Waals surface area contributed by atoms with Crippen molar-refractivity contribution in [2.24, 2.45) is 4.99 Å². The second-order valence-electron chi connectivity index (χ2n) is 10.3. The van der Waals surface area contributed by atoms with Crippen LogP contribution in [0.5, 0.6) is 0 Å². The third kappa shape index (κ3) is 4.99. The molecule has 36 heavy (non-hydrogen) atoms. The number of aryl methyl sites for hydroxylation is 2. The summed E-state index contributed by atoms with van der Waals surface area (Å²) in [4.78, 5) is 29.4. The minimum atomic E-state index is 0.293. The van der Waals surface area contributed by atoms with Crippen molar-refractivity contribution in [2.45, 2.75) is 104 Å². The van der Waals surface area contributed by atoms with E-state index in [0.29, 0.717) is 23.4 Å². The monoisotopic (exact) mass is 490 g/mol. The van der Waals surface area contributed by atoms with E-state index in [2.05, 4.69) is 57.2 Å². The number of H-pyrrole nitrogens is 2. The van der Waals surface area contributed by atoms with E-state index >= 15 is 0 Å². The Morgan fingerprint density at radius 3 is 2.36 bits per heavy atom. The zero-order chi connectivity index (χ0) is 25.2. The molecule has 2 saturated carbocycles. The number of hydrogen-bond donors (Lipinski definition) is 3. The van der Waals surface area contributed by atoms with Crippen LogP contribution in [0.1, 0.15) is 96.1 Å². The van der Waals surface area contributed by atoms with Crippen molar-refractivity contribution < 1.29 is 0 Å². The average molecular weight is 491 g/mol. The first-order valence-electron chi connectivity index (χ1n) is 13.5. The zero-order valence-corrected chi connectivity index (χ0v) is 21.9. The molecular weight excluding hydrogens is 452 g/mol. The third-order valence-corrected chi connectivity index (χ3v) is 7.00. The maximum atomic E-state index is 7.77. The van der Waals surface area contributed by atoms with Crippen LogP contribution in [0.15, 0.2) is 17.6 Å². The van der Waals surface area contributed by atoms with Gasteiger partial charge in [-0.15, -0.1) is 0 Å². The van der Waals surface area contributed by atoms with Gasteiger partial charge in [0.2, 0.25) is 0 Å². The Hall–Kier alpha value is -3.30. The van der Waals surface area contributed by atoms with Gasteiger partial charge in [0.15, 0.2) is 22.3 Å². The molecule has 0 radical (unpaired) electrons. The van der Waals surface area contributed by atoms with Crippen molar-refractivity contribution in [2.75, 3.05) is 0 Å². The molecule has 10 nitrogen and oxygen atoms in total. The van der Waals surface area contributed by atoms with Gasteiger partial charge < -0.3 is 19.1 Å². The molecule has 2 fully saturated rings. The highest BCUT2D eigenvalue weighted by Crippen LogP contribution is 2.38. The smallest absolute Gasteiger partial charge is 0.176 e. The zero-order valence-electron chi connectivity index (χ0n) is 21.9. The van der Waals surface area contributed by atoms with E-state index in [0.717, 1.165) is 59.0 Å². The molecule has 0 spiro atoms. The maximum absolute atomic E-state index is 7.77. The Balaban J connectivity index is 0.000000152. The van der Waals surface area contributed by atoms with Crippen LogP contribution >= 0.6 is 0 Å². The molecule has 4 aromatic rings. The van der Waals surface area contributed by atoms with Gasteiger partial charge in [0.25, 0.3) is 0 Å². The summed E-state index contributed by atoms with van der Waals surface area (Å²) in [5.74, 6) is 3.01. The van der Waals surface area contributed by atoms with E-state index in [4.69, 9.17) is 15.4 Å². The number of nitrogens with one attached hydrogen (secondary N) is 3. The number of fused-ring (bicyclic) bond motifs is 2. The lowest BCUT2D eigenvalue weighted by Crippen LogP contribution is -2.17. The molecule has 4 heterocycles. The largest absolute Gasteiger partial charge is 0.337 e. The molecule has 10 heteroatoms. The lowest BCUT2D eigenvalue weighted by atomic mass is 10.2. The van der Waals surface area contributed by atoms with Crippen LogP contribution in [0.3, 0.4) is 0 Å². The van der Waals surface area contributed by atoms with Gasteiger partial charge in [0.05, 0.1) is 18.7 Å². The van der Waals surface area contributed by atoms with Crippen molar-refractivity contribution in [1.29, 1.82) is 5.41 Å². The van der Waals surface area contributed by atoms with Crippen LogP contribution in [0.4, 0.5) is 0 Å². The Morgan fingerprint density at radius 2 is 1.69 bits per heavy atom. The summed E-state index contributed by atoms with van der Waals surface area (Å²) in [6.07, 6.45) is 12.0. The molecule has 2 aliphatic rings. The van der Waals surface area contributed by atoms with Crippen molar-refractivity contribution >= 4 is 22.3 Å². The van der Waals surface area contributed by atoms with Crippen LogP contribution in [0, 0.1) is 5.41 Å². The van der Waals surface area contributed by atoms with Gasteiger partial charge in [-0.05, 0) is 39.0 Å². The molecule has 0 bridgehead atoms. The summed E-state index contributed by atoms with van der Waals surface area (Å²) >= 11 is 0. The topological polar surface area (TPSA) is 129 Å². The van der Waals surface area contributed by atoms with Gasteiger partial charge in [-0.3, -0.25) is 10.4 Å². The van der Waals surface area contributed by atoms with Crippen LogP contribution in [0.25, 0.3) is 22.3 Å². The number of rotatable bonds is 6. The maximum Gasteiger partial charge on any atom is 0.176 e. The highest BCUT2D eigenvalue weighted by Gasteiger charge is 2.27. The Morgan fingerprint density at radius 1 is 0.972 bits per heavy atom. The first-order valence-corrected chi connectivity index (χ1v) is 13.5. The summed E-state index contributed by atoms with van der Waals surface area (Å²) in [7, 11) is 0. The molecule has 4 aromatic heterocycles. The molecule has 3 N–H and O–H groups in total. The number of nitrogens with zero attached hydrogens (tertiary/aromatic N) is 7. The average Bonchev–Trinajstić information content (AvgIpc) is 3.26. The number of hydrogen-bond acceptors (Lipinski definition) is 6. The SMILES string of the molecule is CCCn1cnc(=N)c2[nH]c(C3CC3)nc21.CCn1cnc(=NC2CCCC2)c2[nH]c(C(C)C)nc21. The van der Waals surface area contributed by atoms with E-state index in [1.807, 2.05) is 10.9 Å². The van der Waals surface area contributed by atoms with Gasteiger partial charge >= 0.3 is 0 Å². The van der Waals surface area contributed by atoms with Crippen molar-refractivity contribution in [3.05, 3.63) is 35.3 Å². The van der Waals surface area contributed by atoms with E-state index in [1.165, 1.54) is 38.5 Å². The molecule has 0 saturated heterocycles. The number of aromatic amines is 2. The highest BCUT2D eigenvalue weighted by atomic mass is 15.1. The van der Waals surface area contributed by atoms with Crippen molar-refractivity contribution in [3.63, 3.8) is 0 Å². The Kier molecular flexibility index (Phi) is 7.02. The van der Waals surface area contributed by atoms with Crippen LogP contribution in [-0.4, -0.2) is 45.1 Å². The summed E-state index contributed by atoms with van der Waals surface area (Å²) in [6.45, 7) is 10.3. The second kappa shape index (κ2) is 10.4. The normalized spacial score (nSPS) is 16.9. The van der Waals surface area contributed by atoms with Crippen LogP contribution < -0.4 is 11.0 Å². The van der Waals surface area contributed by atoms with Crippen molar-refractivity contribution in [1.82, 2.24) is 39.0 Å². The summed E-state index contributed by atoms with van der Waals surface area (Å²) in [5.41, 5.74) is 4.74. The van der Waals surface area contributed by atoms with Gasteiger partial charge in [-0.1, -0.05) is 33.6 Å². The molecule has 2 aliphatic carbocycles. The predicted octanol–water partition coefficient (Wildman–Crippen LogP) is 4.27. The summed E-state index contributed by atoms with van der Waals surface area (Å²) in [5, 5.41) is 7.77. The quantitative estimate of drug-likeness (QED) is 0.373. The molecule has 0 unspecified atom stereocenters. The van der Waals surface area contributed by atoms with E-state index in [-0.39, 0.29) is 0 Å². The van der Waals surface area contributed by atoms with Crippen LogP contribution in [0.2, 0.25) is 0 Å². The fourth-order valence-corrected chi connectivity index (χ4v) is 4.75. The van der Waals surface area contributed by atoms with E-state index in [1.54, 1.807) is 6.33 Å². The molecule has 0 aliphatic heterocycles. The molecule has 6 rings (SSSR count). The molecule has 0 atom stereocenters. The lowest BCUT2D eigenvalue weighted by Gasteiger charge is -2.04. The van der Waals surface area contributed by atoms with Gasteiger partial charge in [-0.2, -0.15) is 0 Å². The summed E-state index contributed by atoms with van der Waals surface area (Å²) in [6, 6.07) is 0.439. The third-order valence-electron chi connectivity index (χ3n) is 7.00. The first kappa shape index (κ1) is 24.4. The minimum Gasteiger partial charge on any atom is -0.337 e. The fraction of sp³-hybridized carbons (Fsp3) is 0.615. The van der Waals surface area contributed by atoms with E-state index in [9.17, 15) is 0 Å². The van der Waals surface area contributed by atoms with Crippen LogP contribution in [-0.2, 0) is 13.1 Å². The molecule has 192 valence electrons. The molecule has 0 amide bonds. The fourth-order valence-electron chi connectivity index (χ4n) is 4.75. The first-order chi connectivity index (χ1) is 17.5. The number of aromatic nitrogens is 8. The lowest BCUT2D eigenvalue weighted by molar-refractivity contribution is 0.675. The van der Waals surface area contributed by atoms with Gasteiger partial charge in [0.1, 0.15) is 22.7 Å². The van der Waals surface area contributed by atoms with Gasteiger partial charge in [0, 0.05) is 24.9 Å². The second-order valence-corrected chi connectivity index (χ2v) is 10.3. The number of imidazole rings is 2. The highest BCUT2D eigenvalue weighted by molar-refractivity contribution is 5.70.